The second-order valence-electron chi connectivity index (χ2n) is 7.10. The number of fused-ring (bicyclic) bond motifs is 1. The van der Waals surface area contributed by atoms with Crippen LogP contribution in [-0.4, -0.2) is 61.0 Å². The van der Waals surface area contributed by atoms with Gasteiger partial charge in [-0.2, -0.15) is 13.2 Å². The van der Waals surface area contributed by atoms with E-state index in [1.165, 1.54) is 19.2 Å². The third-order valence-electron chi connectivity index (χ3n) is 5.40. The summed E-state index contributed by atoms with van der Waals surface area (Å²) in [5.41, 5.74) is -0.512. The Bertz CT molecular complexity index is 690. The van der Waals surface area contributed by atoms with Crippen LogP contribution in [0.15, 0.2) is 24.3 Å². The molecular weight excluding hydrogens is 361 g/mol. The van der Waals surface area contributed by atoms with Crippen molar-refractivity contribution in [3.05, 3.63) is 35.4 Å². The Hall–Kier alpha value is -2.09. The van der Waals surface area contributed by atoms with E-state index in [1.807, 2.05) is 4.90 Å². The highest BCUT2D eigenvalue weighted by molar-refractivity contribution is 5.94. The minimum Gasteiger partial charge on any atom is -0.375 e. The smallest absolute Gasteiger partial charge is 0.375 e. The first-order valence-corrected chi connectivity index (χ1v) is 9.06. The predicted octanol–water partition coefficient (Wildman–Crippen LogP) is 2.80. The third kappa shape index (κ3) is 4.26. The number of alkyl halides is 3. The zero-order valence-corrected chi connectivity index (χ0v) is 15.2. The maximum absolute atomic E-state index is 12.7. The van der Waals surface area contributed by atoms with Crippen molar-refractivity contribution in [3.8, 4) is 0 Å². The Kier molecular flexibility index (Phi) is 5.74. The van der Waals surface area contributed by atoms with Gasteiger partial charge < -0.3 is 14.5 Å². The Morgan fingerprint density at radius 3 is 2.48 bits per heavy atom. The highest BCUT2D eigenvalue weighted by Gasteiger charge is 2.39. The topological polar surface area (TPSA) is 49.9 Å². The van der Waals surface area contributed by atoms with Gasteiger partial charge in [0, 0.05) is 38.3 Å². The molecule has 2 atom stereocenters. The molecule has 0 aromatic heterocycles. The molecule has 3 rings (SSSR count). The van der Waals surface area contributed by atoms with Gasteiger partial charge in [0.2, 0.25) is 5.91 Å². The SMILES string of the molecule is COCC(=O)N1CCC[C@@H]2CN(C(=O)c3ccc(C(F)(F)F)cc3)CC[C@@H]21. The molecule has 27 heavy (non-hydrogen) atoms. The van der Waals surface area contributed by atoms with Gasteiger partial charge in [-0.3, -0.25) is 9.59 Å². The van der Waals surface area contributed by atoms with Gasteiger partial charge in [-0.05, 0) is 49.4 Å². The number of amides is 2. The second kappa shape index (κ2) is 7.88. The Morgan fingerprint density at radius 2 is 1.85 bits per heavy atom. The van der Waals surface area contributed by atoms with Gasteiger partial charge in [-0.25, -0.2) is 0 Å². The fourth-order valence-corrected chi connectivity index (χ4v) is 4.09. The van der Waals surface area contributed by atoms with Crippen LogP contribution in [0.1, 0.15) is 35.2 Å². The molecule has 1 aromatic carbocycles. The number of hydrogen-bond donors (Lipinski definition) is 0. The molecule has 2 aliphatic rings. The first-order chi connectivity index (χ1) is 12.8. The van der Waals surface area contributed by atoms with Crippen molar-refractivity contribution >= 4 is 11.8 Å². The highest BCUT2D eigenvalue weighted by atomic mass is 19.4. The Morgan fingerprint density at radius 1 is 1.15 bits per heavy atom. The molecular formula is C19H23F3N2O3. The first kappa shape index (κ1) is 19.7. The van der Waals surface area contributed by atoms with Crippen molar-refractivity contribution in [1.82, 2.24) is 9.80 Å². The minimum absolute atomic E-state index is 0.0327. The van der Waals surface area contributed by atoms with Crippen LogP contribution < -0.4 is 0 Å². The van der Waals surface area contributed by atoms with Crippen molar-refractivity contribution < 1.29 is 27.5 Å². The number of hydrogen-bond acceptors (Lipinski definition) is 3. The molecule has 0 N–H and O–H groups in total. The molecule has 148 valence electrons. The van der Waals surface area contributed by atoms with Crippen LogP contribution in [0.4, 0.5) is 13.2 Å². The summed E-state index contributed by atoms with van der Waals surface area (Å²) in [6.07, 6.45) is -1.94. The lowest BCUT2D eigenvalue weighted by Gasteiger charge is -2.47. The van der Waals surface area contributed by atoms with E-state index in [2.05, 4.69) is 0 Å². The normalized spacial score (nSPS) is 23.1. The van der Waals surface area contributed by atoms with E-state index in [0.717, 1.165) is 25.0 Å². The van der Waals surface area contributed by atoms with Gasteiger partial charge >= 0.3 is 6.18 Å². The highest BCUT2D eigenvalue weighted by Crippen LogP contribution is 2.32. The lowest BCUT2D eigenvalue weighted by atomic mass is 9.83. The number of benzene rings is 1. The molecule has 0 aliphatic carbocycles. The summed E-state index contributed by atoms with van der Waals surface area (Å²) < 4.78 is 43.0. The quantitative estimate of drug-likeness (QED) is 0.805. The van der Waals surface area contributed by atoms with Gasteiger partial charge in [0.1, 0.15) is 6.61 Å². The number of methoxy groups -OCH3 is 1. The third-order valence-corrected chi connectivity index (χ3v) is 5.40. The van der Waals surface area contributed by atoms with Gasteiger partial charge in [-0.15, -0.1) is 0 Å². The number of piperidine rings is 2. The maximum atomic E-state index is 12.7. The average molecular weight is 384 g/mol. The summed E-state index contributed by atoms with van der Waals surface area (Å²) in [5, 5.41) is 0. The summed E-state index contributed by atoms with van der Waals surface area (Å²) >= 11 is 0. The van der Waals surface area contributed by atoms with Crippen molar-refractivity contribution in [2.75, 3.05) is 33.4 Å². The van der Waals surface area contributed by atoms with Gasteiger partial charge in [0.25, 0.3) is 5.91 Å². The molecule has 0 unspecified atom stereocenters. The summed E-state index contributed by atoms with van der Waals surface area (Å²) in [6.45, 7) is 1.76. The molecule has 2 heterocycles. The molecule has 5 nitrogen and oxygen atoms in total. The van der Waals surface area contributed by atoms with E-state index in [1.54, 1.807) is 4.90 Å². The van der Waals surface area contributed by atoms with E-state index < -0.39 is 11.7 Å². The molecule has 8 heteroatoms. The minimum atomic E-state index is -4.42. The summed E-state index contributed by atoms with van der Waals surface area (Å²) in [4.78, 5) is 28.5. The molecule has 1 aromatic rings. The van der Waals surface area contributed by atoms with Crippen LogP contribution in [0.3, 0.4) is 0 Å². The average Bonchev–Trinajstić information content (AvgIpc) is 2.66. The summed E-state index contributed by atoms with van der Waals surface area (Å²) in [6, 6.07) is 4.43. The van der Waals surface area contributed by atoms with E-state index in [9.17, 15) is 22.8 Å². The van der Waals surface area contributed by atoms with Crippen molar-refractivity contribution in [3.63, 3.8) is 0 Å². The van der Waals surface area contributed by atoms with Crippen LogP contribution >= 0.6 is 0 Å². The molecule has 0 radical (unpaired) electrons. The zero-order valence-electron chi connectivity index (χ0n) is 15.2. The number of nitrogens with zero attached hydrogens (tertiary/aromatic N) is 2. The Balaban J connectivity index is 1.66. The first-order valence-electron chi connectivity index (χ1n) is 9.06. The fraction of sp³-hybridized carbons (Fsp3) is 0.579. The fourth-order valence-electron chi connectivity index (χ4n) is 4.09. The van der Waals surface area contributed by atoms with Crippen LogP contribution in [0.2, 0.25) is 0 Å². The van der Waals surface area contributed by atoms with Crippen LogP contribution in [0, 0.1) is 5.92 Å². The molecule has 2 saturated heterocycles. The zero-order chi connectivity index (χ0) is 19.6. The van der Waals surface area contributed by atoms with Crippen LogP contribution in [0.5, 0.6) is 0 Å². The maximum Gasteiger partial charge on any atom is 0.416 e. The number of halogens is 3. The molecule has 0 spiro atoms. The van der Waals surface area contributed by atoms with Crippen molar-refractivity contribution in [2.24, 2.45) is 5.92 Å². The van der Waals surface area contributed by atoms with Gasteiger partial charge in [-0.1, -0.05) is 0 Å². The number of carbonyl (C=O) groups is 2. The van der Waals surface area contributed by atoms with E-state index in [-0.39, 0.29) is 35.9 Å². The predicted molar refractivity (Wildman–Crippen MR) is 92.1 cm³/mol. The standard InChI is InChI=1S/C19H23F3N2O3/c1-27-12-17(25)24-9-2-3-14-11-23(10-8-16(14)24)18(26)13-4-6-15(7-5-13)19(20,21)22/h4-7,14,16H,2-3,8-12H2,1H3/t14-,16+/m1/s1. The monoisotopic (exact) mass is 384 g/mol. The van der Waals surface area contributed by atoms with E-state index >= 15 is 0 Å². The van der Waals surface area contributed by atoms with E-state index in [0.29, 0.717) is 26.1 Å². The summed E-state index contributed by atoms with van der Waals surface area (Å²) in [5.74, 6) is -0.107. The number of rotatable bonds is 3. The molecule has 2 aliphatic heterocycles. The lowest BCUT2D eigenvalue weighted by molar-refractivity contribution is -0.142. The van der Waals surface area contributed by atoms with Crippen molar-refractivity contribution in [1.29, 1.82) is 0 Å². The van der Waals surface area contributed by atoms with Crippen molar-refractivity contribution in [2.45, 2.75) is 31.5 Å². The molecule has 2 fully saturated rings. The van der Waals surface area contributed by atoms with Gasteiger partial charge in [0.15, 0.2) is 0 Å². The second-order valence-corrected chi connectivity index (χ2v) is 7.10. The molecule has 0 saturated carbocycles. The molecule has 0 bridgehead atoms. The largest absolute Gasteiger partial charge is 0.416 e. The van der Waals surface area contributed by atoms with Gasteiger partial charge in [0.05, 0.1) is 5.56 Å². The lowest BCUT2D eigenvalue weighted by Crippen LogP contribution is -2.57. The van der Waals surface area contributed by atoms with E-state index in [4.69, 9.17) is 4.74 Å². The number of likely N-dealkylation sites (tertiary alicyclic amines) is 2. The molecule has 2 amide bonds. The van der Waals surface area contributed by atoms with Crippen LogP contribution in [-0.2, 0) is 15.7 Å². The Labute approximate surface area is 156 Å². The number of carbonyl (C=O) groups excluding carboxylic acids is 2. The number of ether oxygens (including phenoxy) is 1. The summed E-state index contributed by atoms with van der Waals surface area (Å²) in [7, 11) is 1.49. The van der Waals surface area contributed by atoms with Crippen LogP contribution in [0.25, 0.3) is 0 Å².